The van der Waals surface area contributed by atoms with Crippen molar-refractivity contribution in [3.05, 3.63) is 71.7 Å². The molecule has 7 nitrogen and oxygen atoms in total. The van der Waals surface area contributed by atoms with Gasteiger partial charge in [0.15, 0.2) is 12.4 Å². The number of oxazole rings is 1. The summed E-state index contributed by atoms with van der Waals surface area (Å²) in [5.74, 6) is 0.186. The van der Waals surface area contributed by atoms with E-state index in [1.165, 1.54) is 16.4 Å². The van der Waals surface area contributed by atoms with Crippen LogP contribution in [0.1, 0.15) is 18.7 Å². The molecule has 3 aromatic rings. The van der Waals surface area contributed by atoms with E-state index in [1.807, 2.05) is 30.3 Å². The number of esters is 1. The smallest absolute Gasteiger partial charge is 0.309 e. The third-order valence-electron chi connectivity index (χ3n) is 5.19. The van der Waals surface area contributed by atoms with Gasteiger partial charge in [-0.05, 0) is 37.1 Å². The zero-order valence-electron chi connectivity index (χ0n) is 16.6. The molecule has 0 bridgehead atoms. The minimum absolute atomic E-state index is 0.0606. The fourth-order valence-electron chi connectivity index (χ4n) is 3.45. The lowest BCUT2D eigenvalue weighted by atomic mass is 9.98. The van der Waals surface area contributed by atoms with Crippen molar-refractivity contribution >= 4 is 27.6 Å². The zero-order chi connectivity index (χ0) is 21.8. The number of ether oxygens (including phenoxy) is 1. The van der Waals surface area contributed by atoms with Gasteiger partial charge in [0, 0.05) is 23.7 Å². The largest absolute Gasteiger partial charge is 0.455 e. The van der Waals surface area contributed by atoms with Gasteiger partial charge in [-0.2, -0.15) is 4.31 Å². The zero-order valence-corrected chi connectivity index (χ0v) is 18.2. The lowest BCUT2D eigenvalue weighted by Crippen LogP contribution is -2.40. The van der Waals surface area contributed by atoms with Crippen molar-refractivity contribution in [3.8, 4) is 11.3 Å². The van der Waals surface area contributed by atoms with Crippen molar-refractivity contribution < 1.29 is 22.4 Å². The second-order valence-corrected chi connectivity index (χ2v) is 9.60. The van der Waals surface area contributed by atoms with Crippen molar-refractivity contribution in [2.75, 3.05) is 13.1 Å². The van der Waals surface area contributed by atoms with Crippen LogP contribution in [0.15, 0.2) is 70.1 Å². The number of benzene rings is 2. The average Bonchev–Trinajstić information content (AvgIpc) is 3.27. The van der Waals surface area contributed by atoms with Gasteiger partial charge in [-0.15, -0.1) is 0 Å². The molecule has 2 aromatic carbocycles. The van der Waals surface area contributed by atoms with Crippen molar-refractivity contribution in [1.82, 2.24) is 9.29 Å². The molecule has 1 fully saturated rings. The molecular weight excluding hydrogens is 440 g/mol. The van der Waals surface area contributed by atoms with Crippen LogP contribution in [0.4, 0.5) is 0 Å². The Hall–Kier alpha value is -2.68. The summed E-state index contributed by atoms with van der Waals surface area (Å²) >= 11 is 5.84. The predicted molar refractivity (Wildman–Crippen MR) is 115 cm³/mol. The number of carbonyl (C=O) groups excluding carboxylic acids is 1. The number of carbonyl (C=O) groups is 1. The Labute approximate surface area is 185 Å². The summed E-state index contributed by atoms with van der Waals surface area (Å²) in [7, 11) is -3.61. The lowest BCUT2D eigenvalue weighted by Gasteiger charge is -2.30. The molecule has 0 spiro atoms. The van der Waals surface area contributed by atoms with Gasteiger partial charge in [0.2, 0.25) is 15.9 Å². The Balaban J connectivity index is 1.30. The Morgan fingerprint density at radius 2 is 1.77 bits per heavy atom. The normalized spacial score (nSPS) is 15.6. The number of halogens is 1. The summed E-state index contributed by atoms with van der Waals surface area (Å²) in [5.41, 5.74) is 0.891. The minimum atomic E-state index is -3.61. The van der Waals surface area contributed by atoms with Crippen LogP contribution < -0.4 is 0 Å². The van der Waals surface area contributed by atoms with Gasteiger partial charge in [0.05, 0.1) is 17.0 Å². The summed E-state index contributed by atoms with van der Waals surface area (Å²) in [4.78, 5) is 16.8. The van der Waals surface area contributed by atoms with Crippen LogP contribution in [0, 0.1) is 5.92 Å². The first-order valence-electron chi connectivity index (χ1n) is 9.86. The van der Waals surface area contributed by atoms with E-state index in [0.717, 1.165) is 5.56 Å². The number of piperidine rings is 1. The quantitative estimate of drug-likeness (QED) is 0.513. The molecule has 4 rings (SSSR count). The first-order chi connectivity index (χ1) is 14.9. The maximum atomic E-state index is 12.8. The summed E-state index contributed by atoms with van der Waals surface area (Å²) in [5, 5.41) is 0.474. The van der Waals surface area contributed by atoms with Crippen LogP contribution in [-0.2, 0) is 26.2 Å². The molecule has 2 heterocycles. The van der Waals surface area contributed by atoms with Crippen LogP contribution in [0.5, 0.6) is 0 Å². The highest BCUT2D eigenvalue weighted by Crippen LogP contribution is 2.26. The second-order valence-electron chi connectivity index (χ2n) is 7.22. The Morgan fingerprint density at radius 3 is 2.45 bits per heavy atom. The predicted octanol–water partition coefficient (Wildman–Crippen LogP) is 4.14. The number of hydrogen-bond acceptors (Lipinski definition) is 6. The van der Waals surface area contributed by atoms with Gasteiger partial charge >= 0.3 is 5.97 Å². The number of nitrogens with zero attached hydrogens (tertiary/aromatic N) is 2. The standard InChI is InChI=1S/C22H21ClN2O5S/c23-18-6-8-19(9-7-18)31(27,28)25-12-10-17(11-13-25)22(26)29-15-21-24-14-20(30-21)16-4-2-1-3-5-16/h1-9,14,17H,10-13,15H2. The molecule has 0 aliphatic carbocycles. The summed E-state index contributed by atoms with van der Waals surface area (Å²) in [6, 6.07) is 15.6. The highest BCUT2D eigenvalue weighted by molar-refractivity contribution is 7.89. The van der Waals surface area contributed by atoms with E-state index >= 15 is 0 Å². The van der Waals surface area contributed by atoms with E-state index in [1.54, 1.807) is 18.3 Å². The molecule has 1 aliphatic rings. The van der Waals surface area contributed by atoms with Gasteiger partial charge in [-0.1, -0.05) is 41.9 Å². The highest BCUT2D eigenvalue weighted by Gasteiger charge is 2.33. The molecule has 0 amide bonds. The maximum absolute atomic E-state index is 12.8. The van der Waals surface area contributed by atoms with E-state index in [9.17, 15) is 13.2 Å². The molecule has 0 radical (unpaired) electrons. The molecule has 1 aromatic heterocycles. The summed E-state index contributed by atoms with van der Waals surface area (Å²) in [6.45, 7) is 0.443. The number of hydrogen-bond donors (Lipinski definition) is 0. The Bertz CT molecular complexity index is 1140. The first-order valence-corrected chi connectivity index (χ1v) is 11.7. The van der Waals surface area contributed by atoms with Crippen molar-refractivity contribution in [2.24, 2.45) is 5.92 Å². The van der Waals surface area contributed by atoms with E-state index in [-0.39, 0.29) is 36.5 Å². The van der Waals surface area contributed by atoms with Crippen LogP contribution in [0.3, 0.4) is 0 Å². The van der Waals surface area contributed by atoms with E-state index in [4.69, 9.17) is 20.8 Å². The van der Waals surface area contributed by atoms with Crippen LogP contribution in [0.25, 0.3) is 11.3 Å². The molecule has 31 heavy (non-hydrogen) atoms. The Morgan fingerprint density at radius 1 is 1.10 bits per heavy atom. The highest BCUT2D eigenvalue weighted by atomic mass is 35.5. The van der Waals surface area contributed by atoms with Gasteiger partial charge in [-0.3, -0.25) is 4.79 Å². The van der Waals surface area contributed by atoms with Crippen molar-refractivity contribution in [3.63, 3.8) is 0 Å². The molecule has 0 unspecified atom stereocenters. The van der Waals surface area contributed by atoms with Gasteiger partial charge in [0.25, 0.3) is 0 Å². The molecule has 0 atom stereocenters. The number of aromatic nitrogens is 1. The van der Waals surface area contributed by atoms with Gasteiger partial charge in [-0.25, -0.2) is 13.4 Å². The summed E-state index contributed by atoms with van der Waals surface area (Å²) < 4.78 is 37.9. The Kier molecular flexibility index (Phi) is 6.41. The number of sulfonamides is 1. The van der Waals surface area contributed by atoms with Gasteiger partial charge < -0.3 is 9.15 Å². The lowest BCUT2D eigenvalue weighted by molar-refractivity contribution is -0.151. The fraction of sp³-hybridized carbons (Fsp3) is 0.273. The third kappa shape index (κ3) is 4.98. The van der Waals surface area contributed by atoms with E-state index < -0.39 is 10.0 Å². The number of rotatable bonds is 6. The molecule has 0 N–H and O–H groups in total. The monoisotopic (exact) mass is 460 g/mol. The molecular formula is C22H21ClN2O5S. The van der Waals surface area contributed by atoms with E-state index in [0.29, 0.717) is 29.5 Å². The topological polar surface area (TPSA) is 89.7 Å². The minimum Gasteiger partial charge on any atom is -0.455 e. The summed E-state index contributed by atoms with van der Waals surface area (Å²) in [6.07, 6.45) is 2.39. The van der Waals surface area contributed by atoms with Crippen molar-refractivity contribution in [1.29, 1.82) is 0 Å². The maximum Gasteiger partial charge on any atom is 0.309 e. The van der Waals surface area contributed by atoms with E-state index in [2.05, 4.69) is 4.98 Å². The van der Waals surface area contributed by atoms with Gasteiger partial charge in [0.1, 0.15) is 0 Å². The first kappa shape index (κ1) is 21.5. The third-order valence-corrected chi connectivity index (χ3v) is 7.35. The van der Waals surface area contributed by atoms with Crippen LogP contribution in [-0.4, -0.2) is 36.8 Å². The molecule has 162 valence electrons. The van der Waals surface area contributed by atoms with Crippen LogP contribution in [0.2, 0.25) is 5.02 Å². The molecule has 9 heteroatoms. The molecule has 0 saturated carbocycles. The SMILES string of the molecule is O=C(OCc1ncc(-c2ccccc2)o1)C1CCN(S(=O)(=O)c2ccc(Cl)cc2)CC1. The average molecular weight is 461 g/mol. The van der Waals surface area contributed by atoms with Crippen LogP contribution >= 0.6 is 11.6 Å². The molecule has 1 aliphatic heterocycles. The second kappa shape index (κ2) is 9.21. The molecule has 1 saturated heterocycles. The van der Waals surface area contributed by atoms with Crippen molar-refractivity contribution in [2.45, 2.75) is 24.3 Å². The fourth-order valence-corrected chi connectivity index (χ4v) is 5.05.